The molecule has 0 aliphatic carbocycles. The van der Waals surface area contributed by atoms with Gasteiger partial charge in [0.05, 0.1) is 24.3 Å². The molecule has 33 heavy (non-hydrogen) atoms. The van der Waals surface area contributed by atoms with Gasteiger partial charge in [0.15, 0.2) is 0 Å². The van der Waals surface area contributed by atoms with E-state index in [1.807, 2.05) is 0 Å². The number of hydrogen-bond acceptors (Lipinski definition) is 3. The van der Waals surface area contributed by atoms with Crippen molar-refractivity contribution < 1.29 is 30.8 Å². The zero-order valence-electron chi connectivity index (χ0n) is 17.1. The maximum atomic E-state index is 13.6. The average molecular weight is 478 g/mol. The van der Waals surface area contributed by atoms with E-state index in [-0.39, 0.29) is 29.2 Å². The van der Waals surface area contributed by atoms with E-state index in [9.17, 15) is 30.8 Å². The van der Waals surface area contributed by atoms with Crippen LogP contribution in [0.4, 0.5) is 23.2 Å². The number of carbonyl (C=O) groups is 1. The van der Waals surface area contributed by atoms with Crippen LogP contribution >= 0.6 is 0 Å². The molecule has 1 amide bonds. The fourth-order valence-electron chi connectivity index (χ4n) is 3.67. The molecule has 0 spiro atoms. The molecule has 0 N–H and O–H groups in total. The first kappa shape index (κ1) is 22.9. The summed E-state index contributed by atoms with van der Waals surface area (Å²) in [6, 6.07) is 15.7. The zero-order chi connectivity index (χ0) is 23.8. The highest BCUT2D eigenvalue weighted by molar-refractivity contribution is 7.89. The molecule has 0 fully saturated rings. The summed E-state index contributed by atoms with van der Waals surface area (Å²) < 4.78 is 80.6. The normalized spacial score (nSPS) is 16.4. The number of halogens is 4. The fraction of sp³-hybridized carbons (Fsp3) is 0.174. The summed E-state index contributed by atoms with van der Waals surface area (Å²) in [6.45, 7) is -1.03. The van der Waals surface area contributed by atoms with Gasteiger partial charge in [0.25, 0.3) is 0 Å². The number of carbonyl (C=O) groups excluding carboxylic acids is 1. The first-order chi connectivity index (χ1) is 15.6. The van der Waals surface area contributed by atoms with Crippen molar-refractivity contribution in [3.8, 4) is 0 Å². The Balaban J connectivity index is 1.73. The van der Waals surface area contributed by atoms with Crippen LogP contribution in [0.25, 0.3) is 0 Å². The first-order valence-corrected chi connectivity index (χ1v) is 11.3. The van der Waals surface area contributed by atoms with E-state index in [1.54, 1.807) is 12.1 Å². The van der Waals surface area contributed by atoms with Crippen LogP contribution in [0.15, 0.2) is 77.7 Å². The molecule has 0 bridgehead atoms. The second kappa shape index (κ2) is 8.60. The number of rotatable bonds is 4. The first-order valence-electron chi connectivity index (χ1n) is 9.86. The maximum Gasteiger partial charge on any atom is 0.416 e. The molecule has 0 saturated carbocycles. The second-order valence-electron chi connectivity index (χ2n) is 7.55. The van der Waals surface area contributed by atoms with Gasteiger partial charge in [-0.1, -0.05) is 36.4 Å². The summed E-state index contributed by atoms with van der Waals surface area (Å²) in [4.78, 5) is 14.1. The Morgan fingerprint density at radius 1 is 0.848 bits per heavy atom. The highest BCUT2D eigenvalue weighted by Gasteiger charge is 2.37. The van der Waals surface area contributed by atoms with Gasteiger partial charge in [-0.3, -0.25) is 4.79 Å². The summed E-state index contributed by atoms with van der Waals surface area (Å²) in [7, 11) is -4.15. The number of anilines is 1. The van der Waals surface area contributed by atoms with Crippen LogP contribution in [-0.2, 0) is 34.1 Å². The molecule has 0 atom stereocenters. The maximum absolute atomic E-state index is 13.6. The molecule has 1 heterocycles. The van der Waals surface area contributed by atoms with Crippen molar-refractivity contribution in [2.24, 2.45) is 0 Å². The van der Waals surface area contributed by atoms with Crippen LogP contribution in [0.2, 0.25) is 0 Å². The lowest BCUT2D eigenvalue weighted by Gasteiger charge is -2.22. The largest absolute Gasteiger partial charge is 0.416 e. The minimum Gasteiger partial charge on any atom is -0.305 e. The summed E-state index contributed by atoms with van der Waals surface area (Å²) >= 11 is 0. The molecule has 1 aliphatic heterocycles. The van der Waals surface area contributed by atoms with Crippen LogP contribution in [0, 0.1) is 5.82 Å². The van der Waals surface area contributed by atoms with Gasteiger partial charge in [-0.05, 0) is 47.5 Å². The SMILES string of the molecule is O=C1CN(Cc2cccc(F)c2)S(=O)(=O)c2ccccc2N1Cc1cccc(C(F)(F)F)c1. The molecule has 1 aliphatic rings. The fourth-order valence-corrected chi connectivity index (χ4v) is 5.25. The topological polar surface area (TPSA) is 57.7 Å². The van der Waals surface area contributed by atoms with Crippen LogP contribution < -0.4 is 4.90 Å². The standard InChI is InChI=1S/C23H18F4N2O3S/c24-19-8-4-6-17(12-19)13-28-15-22(30)29(20-9-1-2-10-21(20)33(28,31)32)14-16-5-3-7-18(11-16)23(25,26)27/h1-12H,13-15H2. The number of sulfonamides is 1. The van der Waals surface area contributed by atoms with E-state index >= 15 is 0 Å². The Morgan fingerprint density at radius 3 is 2.21 bits per heavy atom. The molecular weight excluding hydrogens is 460 g/mol. The van der Waals surface area contributed by atoms with E-state index in [0.717, 1.165) is 21.3 Å². The molecular formula is C23H18F4N2O3S. The molecule has 0 aromatic heterocycles. The quantitative estimate of drug-likeness (QED) is 0.516. The predicted octanol–water partition coefficient (Wildman–Crippen LogP) is 4.58. The Kier molecular flexibility index (Phi) is 5.98. The van der Waals surface area contributed by atoms with Crippen molar-refractivity contribution in [1.82, 2.24) is 4.31 Å². The number of fused-ring (bicyclic) bond motifs is 1. The number of amides is 1. The summed E-state index contributed by atoms with van der Waals surface area (Å²) in [5.74, 6) is -1.16. The molecule has 0 saturated heterocycles. The van der Waals surface area contributed by atoms with Crippen LogP contribution in [0.1, 0.15) is 16.7 Å². The third-order valence-electron chi connectivity index (χ3n) is 5.23. The lowest BCUT2D eigenvalue weighted by molar-refractivity contribution is -0.137. The minimum atomic E-state index is -4.55. The molecule has 3 aromatic carbocycles. The molecule has 4 rings (SSSR count). The Morgan fingerprint density at radius 2 is 1.52 bits per heavy atom. The van der Waals surface area contributed by atoms with Crippen LogP contribution in [-0.4, -0.2) is 25.2 Å². The van der Waals surface area contributed by atoms with Gasteiger partial charge in [-0.15, -0.1) is 0 Å². The number of hydrogen-bond donors (Lipinski definition) is 0. The molecule has 5 nitrogen and oxygen atoms in total. The Bertz CT molecular complexity index is 1310. The van der Waals surface area contributed by atoms with Crippen molar-refractivity contribution in [2.45, 2.75) is 24.2 Å². The van der Waals surface area contributed by atoms with E-state index in [2.05, 4.69) is 0 Å². The smallest absolute Gasteiger partial charge is 0.305 e. The van der Waals surface area contributed by atoms with E-state index in [1.165, 1.54) is 48.5 Å². The highest BCUT2D eigenvalue weighted by Crippen LogP contribution is 2.34. The molecule has 0 unspecified atom stereocenters. The van der Waals surface area contributed by atoms with Crippen molar-refractivity contribution >= 4 is 21.6 Å². The van der Waals surface area contributed by atoms with Gasteiger partial charge < -0.3 is 4.90 Å². The van der Waals surface area contributed by atoms with Crippen LogP contribution in [0.5, 0.6) is 0 Å². The monoisotopic (exact) mass is 478 g/mol. The van der Waals surface area contributed by atoms with Gasteiger partial charge in [0.2, 0.25) is 15.9 Å². The van der Waals surface area contributed by atoms with Crippen molar-refractivity contribution in [2.75, 3.05) is 11.4 Å². The predicted molar refractivity (Wildman–Crippen MR) is 113 cm³/mol. The summed E-state index contributed by atoms with van der Waals surface area (Å²) in [6.07, 6.45) is -4.55. The number of nitrogens with zero attached hydrogens (tertiary/aromatic N) is 2. The summed E-state index contributed by atoms with van der Waals surface area (Å²) in [5, 5.41) is 0. The average Bonchev–Trinajstić information content (AvgIpc) is 2.83. The van der Waals surface area contributed by atoms with Gasteiger partial charge in [-0.2, -0.15) is 17.5 Å². The Labute approximate surface area is 187 Å². The lowest BCUT2D eigenvalue weighted by Crippen LogP contribution is -2.38. The van der Waals surface area contributed by atoms with Crippen LogP contribution in [0.3, 0.4) is 0 Å². The molecule has 3 aromatic rings. The molecule has 10 heteroatoms. The van der Waals surface area contributed by atoms with Gasteiger partial charge >= 0.3 is 6.18 Å². The summed E-state index contributed by atoms with van der Waals surface area (Å²) in [5.41, 5.74) is -0.239. The lowest BCUT2D eigenvalue weighted by atomic mass is 10.1. The number of alkyl halides is 3. The highest BCUT2D eigenvalue weighted by atomic mass is 32.2. The zero-order valence-corrected chi connectivity index (χ0v) is 17.9. The van der Waals surface area contributed by atoms with Crippen molar-refractivity contribution in [1.29, 1.82) is 0 Å². The second-order valence-corrected chi connectivity index (χ2v) is 9.46. The van der Waals surface area contributed by atoms with Gasteiger partial charge in [0.1, 0.15) is 10.7 Å². The Hall–Kier alpha value is -3.24. The van der Waals surface area contributed by atoms with Gasteiger partial charge in [-0.25, -0.2) is 12.8 Å². The third kappa shape index (κ3) is 4.76. The van der Waals surface area contributed by atoms with E-state index < -0.39 is 40.0 Å². The molecule has 172 valence electrons. The van der Waals surface area contributed by atoms with Gasteiger partial charge in [0, 0.05) is 6.54 Å². The van der Waals surface area contributed by atoms with E-state index in [4.69, 9.17) is 0 Å². The third-order valence-corrected chi connectivity index (χ3v) is 7.07. The van der Waals surface area contributed by atoms with Crippen molar-refractivity contribution in [3.05, 3.63) is 95.3 Å². The number of benzene rings is 3. The van der Waals surface area contributed by atoms with Crippen molar-refractivity contribution in [3.63, 3.8) is 0 Å². The minimum absolute atomic E-state index is 0.0710. The number of para-hydroxylation sites is 1. The van der Waals surface area contributed by atoms with E-state index in [0.29, 0.717) is 5.56 Å². The molecule has 0 radical (unpaired) electrons.